The molecule has 1 N–H and O–H groups in total. The van der Waals surface area contributed by atoms with Gasteiger partial charge in [0, 0.05) is 31.1 Å². The van der Waals surface area contributed by atoms with Crippen molar-refractivity contribution in [2.24, 2.45) is 5.92 Å². The number of hydrogen-bond donors (Lipinski definition) is 1. The van der Waals surface area contributed by atoms with E-state index in [1.807, 2.05) is 30.3 Å². The number of amides is 1. The van der Waals surface area contributed by atoms with Crippen LogP contribution in [0.4, 0.5) is 5.69 Å². The fraction of sp³-hybridized carbons (Fsp3) is 0.440. The Morgan fingerprint density at radius 2 is 1.63 bits per heavy atom. The van der Waals surface area contributed by atoms with Crippen LogP contribution in [0.15, 0.2) is 42.5 Å². The van der Waals surface area contributed by atoms with Crippen LogP contribution in [0.2, 0.25) is 0 Å². The molecule has 0 radical (unpaired) electrons. The van der Waals surface area contributed by atoms with Gasteiger partial charge in [0.05, 0.1) is 38.3 Å². The number of piperidine rings is 1. The first-order valence-electron chi connectivity index (χ1n) is 11.5. The lowest BCUT2D eigenvalue weighted by Gasteiger charge is -2.30. The molecule has 9 nitrogen and oxygen atoms in total. The molecule has 35 heavy (non-hydrogen) atoms. The van der Waals surface area contributed by atoms with E-state index in [0.29, 0.717) is 37.2 Å². The number of nitrogens with one attached hydrogen (secondary N) is 1. The van der Waals surface area contributed by atoms with Gasteiger partial charge in [0.15, 0.2) is 11.5 Å². The summed E-state index contributed by atoms with van der Waals surface area (Å²) in [5.74, 6) is -0.540. The Balaban J connectivity index is 1.59. The largest absolute Gasteiger partial charge is 0.493 e. The molecule has 0 atom stereocenters. The number of aryl methyl sites for hydroxylation is 1. The molecule has 1 aliphatic rings. The molecule has 1 amide bonds. The number of sulfonamides is 1. The van der Waals surface area contributed by atoms with Gasteiger partial charge < -0.3 is 19.5 Å². The van der Waals surface area contributed by atoms with Crippen LogP contribution in [0, 0.1) is 5.92 Å². The lowest BCUT2D eigenvalue weighted by molar-refractivity contribution is -0.120. The Morgan fingerprint density at radius 3 is 2.23 bits per heavy atom. The summed E-state index contributed by atoms with van der Waals surface area (Å²) < 4.78 is 42.4. The summed E-state index contributed by atoms with van der Waals surface area (Å²) in [5.41, 5.74) is 1.49. The van der Waals surface area contributed by atoms with Gasteiger partial charge in [0.2, 0.25) is 15.9 Å². The van der Waals surface area contributed by atoms with E-state index in [0.717, 1.165) is 5.56 Å². The molecular formula is C25H32N2O7S. The normalized spacial score (nSPS) is 14.8. The summed E-state index contributed by atoms with van der Waals surface area (Å²) >= 11 is 0. The zero-order valence-electron chi connectivity index (χ0n) is 20.3. The van der Waals surface area contributed by atoms with Crippen molar-refractivity contribution in [2.75, 3.05) is 45.5 Å². The second kappa shape index (κ2) is 12.0. The van der Waals surface area contributed by atoms with Crippen LogP contribution in [-0.4, -0.2) is 64.8 Å². The summed E-state index contributed by atoms with van der Waals surface area (Å²) in [6.45, 7) is 0.559. The summed E-state index contributed by atoms with van der Waals surface area (Å²) in [6.07, 6.45) is 2.03. The lowest BCUT2D eigenvalue weighted by Crippen LogP contribution is -2.42. The number of carbonyl (C=O) groups is 2. The lowest BCUT2D eigenvalue weighted by atomic mass is 9.97. The highest BCUT2D eigenvalue weighted by molar-refractivity contribution is 7.89. The van der Waals surface area contributed by atoms with E-state index in [4.69, 9.17) is 14.2 Å². The van der Waals surface area contributed by atoms with Gasteiger partial charge in [0.1, 0.15) is 0 Å². The predicted molar refractivity (Wildman–Crippen MR) is 132 cm³/mol. The quantitative estimate of drug-likeness (QED) is 0.495. The van der Waals surface area contributed by atoms with Crippen molar-refractivity contribution < 1.29 is 32.2 Å². The molecule has 1 saturated heterocycles. The van der Waals surface area contributed by atoms with E-state index < -0.39 is 16.0 Å². The van der Waals surface area contributed by atoms with Gasteiger partial charge in [-0.15, -0.1) is 0 Å². The second-order valence-corrected chi connectivity index (χ2v) is 10.4. The highest BCUT2D eigenvalue weighted by Crippen LogP contribution is 2.34. The molecular weight excluding hydrogens is 472 g/mol. The van der Waals surface area contributed by atoms with Crippen LogP contribution >= 0.6 is 0 Å². The number of methoxy groups -OCH3 is 3. The topological polar surface area (TPSA) is 111 Å². The molecule has 1 aliphatic heterocycles. The highest BCUT2D eigenvalue weighted by Gasteiger charge is 2.31. The maximum absolute atomic E-state index is 13.0. The van der Waals surface area contributed by atoms with E-state index >= 15 is 0 Å². The standard InChI is InChI=1S/C25H32N2O7S/c1-32-22-16-20(25(29)34-3)21(17-23(22)33-2)26-24(28)19-11-13-27(14-12-19)35(30,31)15-7-10-18-8-5-4-6-9-18/h4-6,8-9,16-17,19H,7,10-15H2,1-3H3,(H,26,28). The summed E-state index contributed by atoms with van der Waals surface area (Å²) in [7, 11) is 0.762. The molecule has 0 saturated carbocycles. The number of nitrogens with zero attached hydrogens (tertiary/aromatic N) is 1. The first kappa shape index (κ1) is 26.5. The van der Waals surface area contributed by atoms with Gasteiger partial charge in [-0.2, -0.15) is 0 Å². The number of benzene rings is 2. The average molecular weight is 505 g/mol. The first-order valence-corrected chi connectivity index (χ1v) is 13.1. The molecule has 0 spiro atoms. The molecule has 0 bridgehead atoms. The maximum Gasteiger partial charge on any atom is 0.340 e. The van der Waals surface area contributed by atoms with E-state index in [9.17, 15) is 18.0 Å². The molecule has 3 rings (SSSR count). The number of carbonyl (C=O) groups excluding carboxylic acids is 2. The predicted octanol–water partition coefficient (Wildman–Crippen LogP) is 3.10. The van der Waals surface area contributed by atoms with Crippen LogP contribution in [0.25, 0.3) is 0 Å². The van der Waals surface area contributed by atoms with Gasteiger partial charge in [-0.1, -0.05) is 30.3 Å². The molecule has 2 aromatic carbocycles. The Morgan fingerprint density at radius 1 is 1.00 bits per heavy atom. The summed E-state index contributed by atoms with van der Waals surface area (Å²) in [4.78, 5) is 25.2. The third kappa shape index (κ3) is 6.73. The third-order valence-corrected chi connectivity index (χ3v) is 8.07. The highest BCUT2D eigenvalue weighted by atomic mass is 32.2. The van der Waals surface area contributed by atoms with Crippen LogP contribution in [0.1, 0.15) is 35.2 Å². The number of esters is 1. The van der Waals surface area contributed by atoms with Crippen molar-refractivity contribution in [3.8, 4) is 11.5 Å². The molecule has 190 valence electrons. The van der Waals surface area contributed by atoms with Crippen LogP contribution in [-0.2, 0) is 26.0 Å². The Hall–Kier alpha value is -3.11. The van der Waals surface area contributed by atoms with E-state index in [2.05, 4.69) is 5.32 Å². The van der Waals surface area contributed by atoms with E-state index in [1.54, 1.807) is 0 Å². The molecule has 2 aromatic rings. The van der Waals surface area contributed by atoms with Gasteiger partial charge in [0.25, 0.3) is 0 Å². The number of rotatable bonds is 10. The minimum absolute atomic E-state index is 0.0763. The Labute approximate surface area is 206 Å². The minimum Gasteiger partial charge on any atom is -0.493 e. The minimum atomic E-state index is -3.39. The molecule has 0 aromatic heterocycles. The fourth-order valence-corrected chi connectivity index (χ4v) is 5.66. The van der Waals surface area contributed by atoms with Crippen LogP contribution < -0.4 is 14.8 Å². The fourth-order valence-electron chi connectivity index (χ4n) is 4.12. The number of hydrogen-bond acceptors (Lipinski definition) is 7. The Kier molecular flexibility index (Phi) is 9.11. The van der Waals surface area contributed by atoms with Crippen molar-refractivity contribution in [1.82, 2.24) is 4.31 Å². The van der Waals surface area contributed by atoms with Crippen LogP contribution in [0.3, 0.4) is 0 Å². The zero-order valence-corrected chi connectivity index (χ0v) is 21.1. The molecule has 1 fully saturated rings. The first-order chi connectivity index (χ1) is 16.8. The number of anilines is 1. The molecule has 0 unspecified atom stereocenters. The molecule has 10 heteroatoms. The van der Waals surface area contributed by atoms with Crippen molar-refractivity contribution in [2.45, 2.75) is 25.7 Å². The third-order valence-electron chi connectivity index (χ3n) is 6.12. The second-order valence-electron chi connectivity index (χ2n) is 8.31. The smallest absolute Gasteiger partial charge is 0.340 e. The van der Waals surface area contributed by atoms with E-state index in [-0.39, 0.29) is 41.9 Å². The van der Waals surface area contributed by atoms with Crippen molar-refractivity contribution in [1.29, 1.82) is 0 Å². The van der Waals surface area contributed by atoms with Gasteiger partial charge in [-0.05, 0) is 31.2 Å². The van der Waals surface area contributed by atoms with Crippen molar-refractivity contribution in [3.05, 3.63) is 53.6 Å². The van der Waals surface area contributed by atoms with Gasteiger partial charge in [-0.3, -0.25) is 4.79 Å². The van der Waals surface area contributed by atoms with Gasteiger partial charge >= 0.3 is 5.97 Å². The van der Waals surface area contributed by atoms with Crippen molar-refractivity contribution >= 4 is 27.6 Å². The Bertz CT molecular complexity index is 1130. The monoisotopic (exact) mass is 504 g/mol. The van der Waals surface area contributed by atoms with E-state index in [1.165, 1.54) is 37.8 Å². The zero-order chi connectivity index (χ0) is 25.4. The summed E-state index contributed by atoms with van der Waals surface area (Å²) in [6, 6.07) is 12.7. The maximum atomic E-state index is 13.0. The molecule has 0 aliphatic carbocycles. The number of ether oxygens (including phenoxy) is 3. The van der Waals surface area contributed by atoms with Crippen LogP contribution in [0.5, 0.6) is 11.5 Å². The van der Waals surface area contributed by atoms with Gasteiger partial charge in [-0.25, -0.2) is 17.5 Å². The SMILES string of the molecule is COC(=O)c1cc(OC)c(OC)cc1NC(=O)C1CCN(S(=O)(=O)CCCc2ccccc2)CC1. The summed E-state index contributed by atoms with van der Waals surface area (Å²) in [5, 5.41) is 2.78. The van der Waals surface area contributed by atoms with Crippen molar-refractivity contribution in [3.63, 3.8) is 0 Å². The average Bonchev–Trinajstić information content (AvgIpc) is 2.88. The molecule has 1 heterocycles.